The van der Waals surface area contributed by atoms with Gasteiger partial charge in [0.2, 0.25) is 0 Å². The summed E-state index contributed by atoms with van der Waals surface area (Å²) in [7, 11) is -0.912. The van der Waals surface area contributed by atoms with Gasteiger partial charge < -0.3 is 10.1 Å². The molecule has 190 valence electrons. The fourth-order valence-corrected chi connectivity index (χ4v) is 6.46. The van der Waals surface area contributed by atoms with Gasteiger partial charge in [-0.1, -0.05) is 6.07 Å². The van der Waals surface area contributed by atoms with Crippen LogP contribution >= 0.6 is 0 Å². The first-order valence-corrected chi connectivity index (χ1v) is 13.8. The fraction of sp³-hybridized carbons (Fsp3) is 0.444. The van der Waals surface area contributed by atoms with Gasteiger partial charge in [0.15, 0.2) is 5.82 Å². The quantitative estimate of drug-likeness (QED) is 0.321. The van der Waals surface area contributed by atoms with Gasteiger partial charge in [-0.25, -0.2) is 0 Å². The van der Waals surface area contributed by atoms with Crippen molar-refractivity contribution in [2.45, 2.75) is 75.3 Å². The molecule has 1 aliphatic carbocycles. The molecular formula is C27H32N4O4S. The predicted molar refractivity (Wildman–Crippen MR) is 141 cm³/mol. The number of nitro benzene ring substituents is 1. The number of hydrogen-bond donors (Lipinski definition) is 1. The highest BCUT2D eigenvalue weighted by Gasteiger charge is 2.30. The summed E-state index contributed by atoms with van der Waals surface area (Å²) in [5.41, 5.74) is 3.20. The van der Waals surface area contributed by atoms with Crippen LogP contribution < -0.4 is 10.1 Å². The van der Waals surface area contributed by atoms with Crippen LogP contribution in [0, 0.1) is 10.1 Å². The molecule has 1 aliphatic heterocycles. The first kappa shape index (κ1) is 24.5. The average Bonchev–Trinajstić information content (AvgIpc) is 3.44. The van der Waals surface area contributed by atoms with Crippen molar-refractivity contribution >= 4 is 28.0 Å². The van der Waals surface area contributed by atoms with Crippen LogP contribution in [0.25, 0.3) is 0 Å². The minimum Gasteiger partial charge on any atom is -0.490 e. The van der Waals surface area contributed by atoms with E-state index in [1.54, 1.807) is 12.1 Å². The van der Waals surface area contributed by atoms with Crippen molar-refractivity contribution in [2.24, 2.45) is 0 Å². The molecule has 0 bridgehead atoms. The third-order valence-electron chi connectivity index (χ3n) is 6.96. The Balaban J connectivity index is 1.28. The number of benzene rings is 2. The molecule has 1 aromatic heterocycles. The minimum atomic E-state index is -0.912. The summed E-state index contributed by atoms with van der Waals surface area (Å²) >= 11 is 0. The van der Waals surface area contributed by atoms with Gasteiger partial charge in [-0.05, 0) is 82.7 Å². The van der Waals surface area contributed by atoms with E-state index in [-0.39, 0.29) is 17.3 Å². The average molecular weight is 509 g/mol. The molecule has 9 heteroatoms. The largest absolute Gasteiger partial charge is 0.490 e. The van der Waals surface area contributed by atoms with Crippen molar-refractivity contribution in [2.75, 3.05) is 11.1 Å². The Bertz CT molecular complexity index is 1290. The molecule has 1 fully saturated rings. The molecule has 0 radical (unpaired) electrons. The second kappa shape index (κ2) is 9.69. The van der Waals surface area contributed by atoms with Crippen molar-refractivity contribution < 1.29 is 13.9 Å². The van der Waals surface area contributed by atoms with E-state index in [0.29, 0.717) is 17.4 Å². The van der Waals surface area contributed by atoms with Crippen molar-refractivity contribution in [3.8, 4) is 5.75 Å². The normalized spacial score (nSPS) is 21.7. The number of nitrogens with one attached hydrogen (secondary N) is 1. The SMILES string of the molecule is CC(C)(C)n1nc(Nc2ccc3c(c2)S(=O)CC3)cc1C1CCC(Oc2ccc([N+](=O)[O-])cc2)CC1. The van der Waals surface area contributed by atoms with Crippen LogP contribution in [0.1, 0.15) is 63.6 Å². The van der Waals surface area contributed by atoms with Crippen molar-refractivity contribution in [3.63, 3.8) is 0 Å². The highest BCUT2D eigenvalue weighted by atomic mass is 32.2. The van der Waals surface area contributed by atoms with Gasteiger partial charge in [-0.3, -0.25) is 19.0 Å². The molecule has 3 aromatic rings. The maximum Gasteiger partial charge on any atom is 0.269 e. The Kier molecular flexibility index (Phi) is 6.59. The molecule has 8 nitrogen and oxygen atoms in total. The highest BCUT2D eigenvalue weighted by Crippen LogP contribution is 2.38. The van der Waals surface area contributed by atoms with Gasteiger partial charge >= 0.3 is 0 Å². The van der Waals surface area contributed by atoms with E-state index in [9.17, 15) is 14.3 Å². The van der Waals surface area contributed by atoms with E-state index >= 15 is 0 Å². The van der Waals surface area contributed by atoms with Crippen LogP contribution in [0.5, 0.6) is 5.75 Å². The molecule has 1 unspecified atom stereocenters. The Hall–Kier alpha value is -3.20. The minimum absolute atomic E-state index is 0.0686. The Labute approximate surface area is 213 Å². The number of rotatable bonds is 6. The zero-order valence-electron chi connectivity index (χ0n) is 20.9. The van der Waals surface area contributed by atoms with E-state index in [2.05, 4.69) is 42.9 Å². The maximum absolute atomic E-state index is 12.3. The second-order valence-corrected chi connectivity index (χ2v) is 12.2. The molecule has 1 atom stereocenters. The number of aryl methyl sites for hydroxylation is 1. The number of non-ortho nitro benzene ring substituents is 1. The number of nitro groups is 1. The van der Waals surface area contributed by atoms with Crippen molar-refractivity contribution in [3.05, 3.63) is 69.9 Å². The maximum atomic E-state index is 12.3. The lowest BCUT2D eigenvalue weighted by atomic mass is 9.84. The summed E-state index contributed by atoms with van der Waals surface area (Å²) in [6, 6.07) is 14.6. The van der Waals surface area contributed by atoms with Crippen LogP contribution in [0.2, 0.25) is 0 Å². The number of nitrogens with zero attached hydrogens (tertiary/aromatic N) is 3. The van der Waals surface area contributed by atoms with Gasteiger partial charge in [-0.2, -0.15) is 5.10 Å². The molecule has 1 saturated carbocycles. The van der Waals surface area contributed by atoms with Crippen LogP contribution in [0.15, 0.2) is 53.4 Å². The predicted octanol–water partition coefficient (Wildman–Crippen LogP) is 6.06. The molecule has 1 N–H and O–H groups in total. The van der Waals surface area contributed by atoms with Crippen molar-refractivity contribution in [1.29, 1.82) is 0 Å². The zero-order chi connectivity index (χ0) is 25.4. The molecule has 0 spiro atoms. The van der Waals surface area contributed by atoms with Gasteiger partial charge in [-0.15, -0.1) is 0 Å². The van der Waals surface area contributed by atoms with E-state index < -0.39 is 15.7 Å². The topological polar surface area (TPSA) is 99.3 Å². The summed E-state index contributed by atoms with van der Waals surface area (Å²) in [5.74, 6) is 2.55. The Morgan fingerprint density at radius 3 is 2.47 bits per heavy atom. The lowest BCUT2D eigenvalue weighted by molar-refractivity contribution is -0.384. The number of ether oxygens (including phenoxy) is 1. The molecule has 2 aliphatic rings. The van der Waals surface area contributed by atoms with Gasteiger partial charge in [0.1, 0.15) is 5.75 Å². The van der Waals surface area contributed by atoms with E-state index in [0.717, 1.165) is 48.5 Å². The first-order valence-electron chi connectivity index (χ1n) is 12.5. The third-order valence-corrected chi connectivity index (χ3v) is 8.40. The van der Waals surface area contributed by atoms with Crippen LogP contribution in [0.3, 0.4) is 0 Å². The number of fused-ring (bicyclic) bond motifs is 1. The van der Waals surface area contributed by atoms with E-state index in [4.69, 9.17) is 9.84 Å². The zero-order valence-corrected chi connectivity index (χ0v) is 21.7. The highest BCUT2D eigenvalue weighted by molar-refractivity contribution is 7.85. The van der Waals surface area contributed by atoms with Gasteiger partial charge in [0.05, 0.1) is 27.4 Å². The molecule has 2 aromatic carbocycles. The summed E-state index contributed by atoms with van der Waals surface area (Å²) in [6.07, 6.45) is 4.76. The van der Waals surface area contributed by atoms with Gasteiger partial charge in [0, 0.05) is 46.1 Å². The third kappa shape index (κ3) is 5.16. The Morgan fingerprint density at radius 2 is 1.81 bits per heavy atom. The van der Waals surface area contributed by atoms with Crippen LogP contribution in [-0.2, 0) is 22.8 Å². The molecular weight excluding hydrogens is 476 g/mol. The fourth-order valence-electron chi connectivity index (χ4n) is 5.11. The molecule has 0 saturated heterocycles. The standard InChI is InChI=1S/C27H32N4O4S/c1-27(2,3)30-24(17-26(29-30)28-20-7-4-19-14-15-36(34)25(19)16-20)18-5-10-22(11-6-18)35-23-12-8-21(9-13-23)31(32)33/h4,7-9,12-13,16-18,22H,5-6,10-11,14-15H2,1-3H3,(H,28,29). The van der Waals surface area contributed by atoms with E-state index in [1.807, 2.05) is 12.1 Å². The van der Waals surface area contributed by atoms with Crippen molar-refractivity contribution in [1.82, 2.24) is 9.78 Å². The summed E-state index contributed by atoms with van der Waals surface area (Å²) in [4.78, 5) is 11.4. The molecule has 36 heavy (non-hydrogen) atoms. The summed E-state index contributed by atoms with van der Waals surface area (Å²) in [6.45, 7) is 6.49. The van der Waals surface area contributed by atoms with Crippen LogP contribution in [0.4, 0.5) is 17.2 Å². The lowest BCUT2D eigenvalue weighted by Gasteiger charge is -2.31. The smallest absolute Gasteiger partial charge is 0.269 e. The van der Waals surface area contributed by atoms with Gasteiger partial charge in [0.25, 0.3) is 5.69 Å². The summed E-state index contributed by atoms with van der Waals surface area (Å²) < 4.78 is 20.5. The first-order chi connectivity index (χ1) is 17.2. The number of anilines is 2. The molecule has 5 rings (SSSR count). The molecule has 0 amide bonds. The van der Waals surface area contributed by atoms with Crippen LogP contribution in [-0.4, -0.2) is 30.8 Å². The monoisotopic (exact) mass is 508 g/mol. The Morgan fingerprint density at radius 1 is 1.08 bits per heavy atom. The molecule has 2 heterocycles. The lowest BCUT2D eigenvalue weighted by Crippen LogP contribution is -2.29. The summed E-state index contributed by atoms with van der Waals surface area (Å²) in [5, 5.41) is 19.2. The number of aromatic nitrogens is 2. The number of hydrogen-bond acceptors (Lipinski definition) is 6. The van der Waals surface area contributed by atoms with E-state index in [1.165, 1.54) is 23.4 Å². The second-order valence-electron chi connectivity index (χ2n) is 10.6.